The van der Waals surface area contributed by atoms with Gasteiger partial charge < -0.3 is 15.1 Å². The second kappa shape index (κ2) is 9.04. The summed E-state index contributed by atoms with van der Waals surface area (Å²) in [5.74, 6) is -0.793. The van der Waals surface area contributed by atoms with Crippen LogP contribution in [0.25, 0.3) is 0 Å². The Morgan fingerprint density at radius 2 is 1.90 bits per heavy atom. The highest BCUT2D eigenvalue weighted by Crippen LogP contribution is 2.29. The van der Waals surface area contributed by atoms with Crippen LogP contribution in [0.4, 0.5) is 17.1 Å². The molecule has 9 heteroatoms. The van der Waals surface area contributed by atoms with E-state index >= 15 is 0 Å². The summed E-state index contributed by atoms with van der Waals surface area (Å²) in [6.07, 6.45) is 2.02. The van der Waals surface area contributed by atoms with Gasteiger partial charge in [-0.1, -0.05) is 12.1 Å². The average Bonchev–Trinajstić information content (AvgIpc) is 3.23. The van der Waals surface area contributed by atoms with Crippen molar-refractivity contribution in [3.63, 3.8) is 0 Å². The number of anilines is 2. The molecule has 2 aromatic rings. The van der Waals surface area contributed by atoms with Crippen LogP contribution in [0.5, 0.6) is 0 Å². The van der Waals surface area contributed by atoms with E-state index in [1.165, 1.54) is 24.1 Å². The van der Waals surface area contributed by atoms with Gasteiger partial charge >= 0.3 is 0 Å². The maximum absolute atomic E-state index is 13.0. The van der Waals surface area contributed by atoms with Crippen LogP contribution in [0, 0.1) is 10.1 Å². The van der Waals surface area contributed by atoms with Gasteiger partial charge in [-0.05, 0) is 47.0 Å². The van der Waals surface area contributed by atoms with E-state index < -0.39 is 10.8 Å². The lowest BCUT2D eigenvalue weighted by Crippen LogP contribution is -2.36. The third-order valence-electron chi connectivity index (χ3n) is 4.74. The van der Waals surface area contributed by atoms with Gasteiger partial charge in [0.05, 0.1) is 28.4 Å². The second-order valence-corrected chi connectivity index (χ2v) is 7.70. The standard InChI is InChI=1S/C20H21BrN4O4/c1-23(13-19(26)22-17-7-3-2-6-16(17)21)20(27)15-12-14(25(28)29)8-9-18(15)24-10-4-5-11-24/h2-3,6-9,12H,4-5,10-11,13H2,1H3,(H,22,26). The lowest BCUT2D eigenvalue weighted by molar-refractivity contribution is -0.384. The van der Waals surface area contributed by atoms with Crippen LogP contribution in [0.3, 0.4) is 0 Å². The first-order chi connectivity index (χ1) is 13.9. The zero-order valence-electron chi connectivity index (χ0n) is 15.9. The quantitative estimate of drug-likeness (QED) is 0.523. The smallest absolute Gasteiger partial charge is 0.270 e. The van der Waals surface area contributed by atoms with Gasteiger partial charge in [0.15, 0.2) is 0 Å². The van der Waals surface area contributed by atoms with Gasteiger partial charge in [0, 0.05) is 36.7 Å². The van der Waals surface area contributed by atoms with Crippen LogP contribution in [-0.4, -0.2) is 48.3 Å². The van der Waals surface area contributed by atoms with Crippen LogP contribution in [0.1, 0.15) is 23.2 Å². The molecule has 2 amide bonds. The molecule has 1 aliphatic rings. The molecule has 1 saturated heterocycles. The van der Waals surface area contributed by atoms with E-state index in [0.717, 1.165) is 30.4 Å². The Labute approximate surface area is 176 Å². The number of nitrogens with zero attached hydrogens (tertiary/aromatic N) is 3. The summed E-state index contributed by atoms with van der Waals surface area (Å²) in [6.45, 7) is 1.41. The number of halogens is 1. The second-order valence-electron chi connectivity index (χ2n) is 6.84. The van der Waals surface area contributed by atoms with Gasteiger partial charge in [0.25, 0.3) is 11.6 Å². The molecule has 0 saturated carbocycles. The molecule has 0 atom stereocenters. The molecule has 1 fully saturated rings. The van der Waals surface area contributed by atoms with Crippen LogP contribution in [-0.2, 0) is 4.79 Å². The minimum atomic E-state index is -0.524. The molecule has 0 unspecified atom stereocenters. The molecule has 1 N–H and O–H groups in total. The summed E-state index contributed by atoms with van der Waals surface area (Å²) in [6, 6.07) is 11.5. The van der Waals surface area contributed by atoms with Crippen molar-refractivity contribution in [1.82, 2.24) is 4.90 Å². The highest BCUT2D eigenvalue weighted by atomic mass is 79.9. The number of hydrogen-bond donors (Lipinski definition) is 1. The van der Waals surface area contributed by atoms with Crippen molar-refractivity contribution < 1.29 is 14.5 Å². The van der Waals surface area contributed by atoms with Crippen LogP contribution < -0.4 is 10.2 Å². The Morgan fingerprint density at radius 1 is 1.21 bits per heavy atom. The fraction of sp³-hybridized carbons (Fsp3) is 0.300. The van der Waals surface area contributed by atoms with Crippen LogP contribution in [0.15, 0.2) is 46.9 Å². The molecule has 0 bridgehead atoms. The summed E-state index contributed by atoms with van der Waals surface area (Å²) in [5.41, 5.74) is 1.35. The fourth-order valence-corrected chi connectivity index (χ4v) is 3.67. The van der Waals surface area contributed by atoms with E-state index in [9.17, 15) is 19.7 Å². The number of rotatable bonds is 6. The molecule has 29 heavy (non-hydrogen) atoms. The van der Waals surface area contributed by atoms with Crippen LogP contribution >= 0.6 is 15.9 Å². The highest BCUT2D eigenvalue weighted by molar-refractivity contribution is 9.10. The number of likely N-dealkylation sites (N-methyl/N-ethyl adjacent to an activating group) is 1. The summed E-state index contributed by atoms with van der Waals surface area (Å²) in [5, 5.41) is 13.9. The molecule has 0 spiro atoms. The first-order valence-electron chi connectivity index (χ1n) is 9.20. The molecule has 1 aliphatic heterocycles. The number of hydrogen-bond acceptors (Lipinski definition) is 5. The monoisotopic (exact) mass is 460 g/mol. The molecule has 1 heterocycles. The summed E-state index contributed by atoms with van der Waals surface area (Å²) >= 11 is 3.36. The largest absolute Gasteiger partial charge is 0.371 e. The summed E-state index contributed by atoms with van der Waals surface area (Å²) in [7, 11) is 1.51. The predicted molar refractivity (Wildman–Crippen MR) is 114 cm³/mol. The van der Waals surface area contributed by atoms with Crippen molar-refractivity contribution >= 4 is 44.8 Å². The fourth-order valence-electron chi connectivity index (χ4n) is 3.29. The first kappa shape index (κ1) is 20.8. The zero-order valence-corrected chi connectivity index (χ0v) is 17.5. The Morgan fingerprint density at radius 3 is 2.55 bits per heavy atom. The third kappa shape index (κ3) is 4.92. The summed E-state index contributed by atoms with van der Waals surface area (Å²) in [4.78, 5) is 39.4. The predicted octanol–water partition coefficient (Wildman–Crippen LogP) is 3.67. The zero-order chi connectivity index (χ0) is 21.0. The molecule has 152 valence electrons. The molecular formula is C20H21BrN4O4. The maximum atomic E-state index is 13.0. The topological polar surface area (TPSA) is 95.8 Å². The molecule has 3 rings (SSSR count). The first-order valence-corrected chi connectivity index (χ1v) is 9.99. The van der Waals surface area contributed by atoms with Gasteiger partial charge in [-0.2, -0.15) is 0 Å². The summed E-state index contributed by atoms with van der Waals surface area (Å²) < 4.78 is 0.734. The number of para-hydroxylation sites is 1. The normalized spacial score (nSPS) is 13.2. The minimum Gasteiger partial charge on any atom is -0.371 e. The minimum absolute atomic E-state index is 0.151. The number of nitro benzene ring substituents is 1. The number of amides is 2. The number of non-ortho nitro benzene ring substituents is 1. The van der Waals surface area contributed by atoms with E-state index in [0.29, 0.717) is 11.4 Å². The maximum Gasteiger partial charge on any atom is 0.270 e. The third-order valence-corrected chi connectivity index (χ3v) is 5.44. The van der Waals surface area contributed by atoms with Crippen LogP contribution in [0.2, 0.25) is 0 Å². The van der Waals surface area contributed by atoms with E-state index in [4.69, 9.17) is 0 Å². The van der Waals surface area contributed by atoms with Crippen molar-refractivity contribution in [3.05, 3.63) is 62.6 Å². The van der Waals surface area contributed by atoms with Crippen molar-refractivity contribution in [1.29, 1.82) is 0 Å². The van der Waals surface area contributed by atoms with Gasteiger partial charge in [-0.25, -0.2) is 0 Å². The number of carbonyl (C=O) groups excluding carboxylic acids is 2. The van der Waals surface area contributed by atoms with E-state index in [2.05, 4.69) is 21.2 Å². The van der Waals surface area contributed by atoms with Crippen molar-refractivity contribution in [2.45, 2.75) is 12.8 Å². The Balaban J connectivity index is 1.78. The lowest BCUT2D eigenvalue weighted by Gasteiger charge is -2.23. The van der Waals surface area contributed by atoms with E-state index in [1.807, 2.05) is 11.0 Å². The van der Waals surface area contributed by atoms with Gasteiger partial charge in [0.1, 0.15) is 0 Å². The van der Waals surface area contributed by atoms with E-state index in [1.54, 1.807) is 24.3 Å². The Hall–Kier alpha value is -2.94. The van der Waals surface area contributed by atoms with Gasteiger partial charge in [0.2, 0.25) is 5.91 Å². The number of carbonyl (C=O) groups is 2. The number of nitrogens with one attached hydrogen (secondary N) is 1. The van der Waals surface area contributed by atoms with Gasteiger partial charge in [-0.3, -0.25) is 19.7 Å². The lowest BCUT2D eigenvalue weighted by atomic mass is 10.1. The molecular weight excluding hydrogens is 440 g/mol. The molecule has 8 nitrogen and oxygen atoms in total. The molecule has 0 aromatic heterocycles. The molecule has 0 aliphatic carbocycles. The Kier molecular flexibility index (Phi) is 6.48. The number of benzene rings is 2. The van der Waals surface area contributed by atoms with Crippen molar-refractivity contribution in [2.24, 2.45) is 0 Å². The Bertz CT molecular complexity index is 944. The molecule has 0 radical (unpaired) electrons. The van der Waals surface area contributed by atoms with Gasteiger partial charge in [-0.15, -0.1) is 0 Å². The van der Waals surface area contributed by atoms with Crippen molar-refractivity contribution in [3.8, 4) is 0 Å². The van der Waals surface area contributed by atoms with Crippen molar-refractivity contribution in [2.75, 3.05) is 36.9 Å². The molecule has 2 aromatic carbocycles. The SMILES string of the molecule is CN(CC(=O)Nc1ccccc1Br)C(=O)c1cc([N+](=O)[O-])ccc1N1CCCC1. The number of nitro groups is 1. The van der Waals surface area contributed by atoms with E-state index in [-0.39, 0.29) is 23.7 Å². The average molecular weight is 461 g/mol. The highest BCUT2D eigenvalue weighted by Gasteiger charge is 2.25.